The lowest BCUT2D eigenvalue weighted by Crippen LogP contribution is -2.51. The van der Waals surface area contributed by atoms with E-state index in [1.54, 1.807) is 12.1 Å². The van der Waals surface area contributed by atoms with Crippen LogP contribution in [0.5, 0.6) is 0 Å². The molecule has 2 aromatic carbocycles. The van der Waals surface area contributed by atoms with Crippen LogP contribution < -0.4 is 10.6 Å². The van der Waals surface area contributed by atoms with Crippen molar-refractivity contribution in [2.75, 3.05) is 31.1 Å². The minimum atomic E-state index is -0.285. The molecule has 0 amide bonds. The lowest BCUT2D eigenvalue weighted by molar-refractivity contribution is 0.382. The summed E-state index contributed by atoms with van der Waals surface area (Å²) in [7, 11) is 0. The van der Waals surface area contributed by atoms with E-state index >= 15 is 0 Å². The van der Waals surface area contributed by atoms with Crippen LogP contribution >= 0.6 is 11.6 Å². The monoisotopic (exact) mass is 383 g/mol. The second-order valence-electron chi connectivity index (χ2n) is 6.41. The van der Waals surface area contributed by atoms with Gasteiger partial charge in [0.15, 0.2) is 5.96 Å². The number of fused-ring (bicyclic) bond motifs is 1. The molecule has 0 saturated carbocycles. The maximum absolute atomic E-state index is 13.0. The van der Waals surface area contributed by atoms with Crippen molar-refractivity contribution < 1.29 is 4.39 Å². The summed E-state index contributed by atoms with van der Waals surface area (Å²) >= 11 is 6.08. The van der Waals surface area contributed by atoms with Gasteiger partial charge in [0.2, 0.25) is 0 Å². The SMILES string of the molecule is NC(=Nc1ccc(F)cc1)N1CCN(c2ccnc3cc(Cl)ccc23)CC1. The third kappa shape index (κ3) is 3.80. The number of anilines is 1. The van der Waals surface area contributed by atoms with Crippen LogP contribution in [0.1, 0.15) is 0 Å². The Kier molecular flexibility index (Phi) is 4.81. The summed E-state index contributed by atoms with van der Waals surface area (Å²) in [5, 5.41) is 1.77. The van der Waals surface area contributed by atoms with Crippen molar-refractivity contribution in [1.82, 2.24) is 9.88 Å². The molecule has 1 aromatic heterocycles. The standard InChI is InChI=1S/C20H19ClFN5/c21-14-1-6-17-18(13-14)24-8-7-19(17)26-9-11-27(12-10-26)20(23)25-16-4-2-15(22)3-5-16/h1-8,13H,9-12H2,(H2,23,25). The molecule has 0 unspecified atom stereocenters. The third-order valence-electron chi connectivity index (χ3n) is 4.70. The van der Waals surface area contributed by atoms with Gasteiger partial charge in [0.05, 0.1) is 11.2 Å². The first kappa shape index (κ1) is 17.5. The number of nitrogens with two attached hydrogens (primary N) is 1. The molecule has 1 fully saturated rings. The third-order valence-corrected chi connectivity index (χ3v) is 4.93. The number of benzene rings is 2. The number of aliphatic imine (C=N–C) groups is 1. The van der Waals surface area contributed by atoms with Crippen LogP contribution in [0.4, 0.5) is 15.8 Å². The number of pyridine rings is 1. The quantitative estimate of drug-likeness (QED) is 0.540. The number of halogens is 2. The van der Waals surface area contributed by atoms with E-state index in [4.69, 9.17) is 17.3 Å². The van der Waals surface area contributed by atoms with Crippen LogP contribution in [-0.4, -0.2) is 42.0 Å². The van der Waals surface area contributed by atoms with E-state index in [0.717, 1.165) is 42.8 Å². The van der Waals surface area contributed by atoms with Crippen LogP contribution in [0.3, 0.4) is 0 Å². The van der Waals surface area contributed by atoms with E-state index in [9.17, 15) is 4.39 Å². The summed E-state index contributed by atoms with van der Waals surface area (Å²) in [6.45, 7) is 3.16. The summed E-state index contributed by atoms with van der Waals surface area (Å²) < 4.78 is 13.0. The number of aromatic nitrogens is 1. The van der Waals surface area contributed by atoms with Gasteiger partial charge in [-0.2, -0.15) is 0 Å². The van der Waals surface area contributed by atoms with Gasteiger partial charge < -0.3 is 15.5 Å². The van der Waals surface area contributed by atoms with Gasteiger partial charge in [-0.1, -0.05) is 11.6 Å². The van der Waals surface area contributed by atoms with Gasteiger partial charge in [-0.25, -0.2) is 9.38 Å². The Labute approximate surface area is 161 Å². The highest BCUT2D eigenvalue weighted by molar-refractivity contribution is 6.31. The van der Waals surface area contributed by atoms with Gasteiger partial charge >= 0.3 is 0 Å². The van der Waals surface area contributed by atoms with Crippen LogP contribution in [0.15, 0.2) is 59.7 Å². The Balaban J connectivity index is 1.48. The molecule has 0 atom stereocenters. The Hall–Kier alpha value is -2.86. The Morgan fingerprint density at radius 1 is 1.04 bits per heavy atom. The average Bonchev–Trinajstić information content (AvgIpc) is 2.69. The van der Waals surface area contributed by atoms with Gasteiger partial charge in [0.25, 0.3) is 0 Å². The molecule has 2 heterocycles. The number of piperazine rings is 1. The molecule has 0 bridgehead atoms. The maximum atomic E-state index is 13.0. The van der Waals surface area contributed by atoms with Crippen molar-refractivity contribution in [2.24, 2.45) is 10.7 Å². The second-order valence-corrected chi connectivity index (χ2v) is 6.85. The molecular formula is C20H19ClFN5. The highest BCUT2D eigenvalue weighted by atomic mass is 35.5. The summed E-state index contributed by atoms with van der Waals surface area (Å²) in [6, 6.07) is 13.8. The number of rotatable bonds is 2. The van der Waals surface area contributed by atoms with E-state index in [2.05, 4.69) is 14.9 Å². The van der Waals surface area contributed by atoms with Gasteiger partial charge in [-0.05, 0) is 48.5 Å². The fourth-order valence-corrected chi connectivity index (χ4v) is 3.44. The largest absolute Gasteiger partial charge is 0.369 e. The zero-order valence-electron chi connectivity index (χ0n) is 14.6. The first-order valence-corrected chi connectivity index (χ1v) is 9.12. The minimum Gasteiger partial charge on any atom is -0.369 e. The molecule has 138 valence electrons. The predicted molar refractivity (Wildman–Crippen MR) is 108 cm³/mol. The first-order valence-electron chi connectivity index (χ1n) is 8.74. The summed E-state index contributed by atoms with van der Waals surface area (Å²) in [5.41, 5.74) is 8.83. The number of hydrogen-bond acceptors (Lipinski definition) is 3. The van der Waals surface area contributed by atoms with Crippen molar-refractivity contribution >= 4 is 39.8 Å². The molecular weight excluding hydrogens is 365 g/mol. The molecule has 1 aliphatic rings. The van der Waals surface area contributed by atoms with Crippen molar-refractivity contribution in [2.45, 2.75) is 0 Å². The second kappa shape index (κ2) is 7.40. The van der Waals surface area contributed by atoms with Crippen molar-refractivity contribution in [3.63, 3.8) is 0 Å². The highest BCUT2D eigenvalue weighted by Crippen LogP contribution is 2.28. The van der Waals surface area contributed by atoms with E-state index in [1.807, 2.05) is 35.4 Å². The Morgan fingerprint density at radius 2 is 1.78 bits per heavy atom. The van der Waals surface area contributed by atoms with Crippen molar-refractivity contribution in [3.05, 3.63) is 65.6 Å². The zero-order chi connectivity index (χ0) is 18.8. The molecule has 1 saturated heterocycles. The maximum Gasteiger partial charge on any atom is 0.196 e. The molecule has 4 rings (SSSR count). The van der Waals surface area contributed by atoms with Gasteiger partial charge in [-0.3, -0.25) is 4.98 Å². The molecule has 0 aliphatic carbocycles. The topological polar surface area (TPSA) is 57.8 Å². The van der Waals surface area contributed by atoms with E-state index in [1.165, 1.54) is 12.1 Å². The molecule has 27 heavy (non-hydrogen) atoms. The van der Waals surface area contributed by atoms with Crippen LogP contribution in [-0.2, 0) is 0 Å². The lowest BCUT2D eigenvalue weighted by Gasteiger charge is -2.37. The molecule has 2 N–H and O–H groups in total. The highest BCUT2D eigenvalue weighted by Gasteiger charge is 2.20. The molecule has 1 aliphatic heterocycles. The normalized spacial score (nSPS) is 15.4. The van der Waals surface area contributed by atoms with Crippen molar-refractivity contribution in [3.8, 4) is 0 Å². The van der Waals surface area contributed by atoms with E-state index < -0.39 is 0 Å². The molecule has 3 aromatic rings. The van der Waals surface area contributed by atoms with Crippen LogP contribution in [0.2, 0.25) is 5.02 Å². The fourth-order valence-electron chi connectivity index (χ4n) is 3.28. The van der Waals surface area contributed by atoms with Crippen molar-refractivity contribution in [1.29, 1.82) is 0 Å². The van der Waals surface area contributed by atoms with Gasteiger partial charge in [-0.15, -0.1) is 0 Å². The number of guanidine groups is 1. The molecule has 0 radical (unpaired) electrons. The van der Waals surface area contributed by atoms with Gasteiger partial charge in [0, 0.05) is 48.5 Å². The van der Waals surface area contributed by atoms with Crippen LogP contribution in [0, 0.1) is 5.82 Å². The van der Waals surface area contributed by atoms with E-state index in [-0.39, 0.29) is 5.82 Å². The number of hydrogen-bond donors (Lipinski definition) is 1. The minimum absolute atomic E-state index is 0.285. The predicted octanol–water partition coefficient (Wildman–Crippen LogP) is 3.80. The molecule has 5 nitrogen and oxygen atoms in total. The van der Waals surface area contributed by atoms with Gasteiger partial charge in [0.1, 0.15) is 5.82 Å². The fraction of sp³-hybridized carbons (Fsp3) is 0.200. The summed E-state index contributed by atoms with van der Waals surface area (Å²) in [4.78, 5) is 13.2. The summed E-state index contributed by atoms with van der Waals surface area (Å²) in [5.74, 6) is 0.166. The van der Waals surface area contributed by atoms with E-state index in [0.29, 0.717) is 16.7 Å². The number of nitrogens with zero attached hydrogens (tertiary/aromatic N) is 4. The summed E-state index contributed by atoms with van der Waals surface area (Å²) in [6.07, 6.45) is 1.81. The average molecular weight is 384 g/mol. The first-order chi connectivity index (χ1) is 13.1. The molecule has 0 spiro atoms. The Morgan fingerprint density at radius 3 is 2.52 bits per heavy atom. The Bertz CT molecular complexity index is 981. The molecule has 7 heteroatoms. The smallest absolute Gasteiger partial charge is 0.196 e. The van der Waals surface area contributed by atoms with Crippen LogP contribution in [0.25, 0.3) is 10.9 Å². The zero-order valence-corrected chi connectivity index (χ0v) is 15.4. The lowest BCUT2D eigenvalue weighted by atomic mass is 10.1.